The van der Waals surface area contributed by atoms with Crippen molar-refractivity contribution >= 4 is 0 Å². The van der Waals surface area contributed by atoms with Crippen molar-refractivity contribution in [2.45, 2.75) is 13.3 Å². The third-order valence-corrected chi connectivity index (χ3v) is 0.810. The fourth-order valence-corrected chi connectivity index (χ4v) is 0.192. The molecule has 0 aromatic carbocycles. The largest absolute Gasteiger partial charge is 0.207 e. The molecule has 0 nitrogen and oxygen atoms in total. The minimum absolute atomic E-state index is 0.400. The lowest BCUT2D eigenvalue weighted by molar-refractivity contribution is 0.648. The van der Waals surface area contributed by atoms with Crippen LogP contribution >= 0.6 is 0 Å². The third-order valence-electron chi connectivity index (χ3n) is 0.810. The van der Waals surface area contributed by atoms with Crippen LogP contribution in [0.25, 0.3) is 0 Å². The predicted octanol–water partition coefficient (Wildman–Crippen LogP) is 2.44. The van der Waals surface area contributed by atoms with Gasteiger partial charge in [-0.05, 0) is 12.0 Å². The standard InChI is InChI=1S/C6H9F/c1-4-5(2)6(3)7/h2-4H2,1H3. The maximum Gasteiger partial charge on any atom is 0.118 e. The van der Waals surface area contributed by atoms with Crippen molar-refractivity contribution in [2.24, 2.45) is 0 Å². The maximum absolute atomic E-state index is 11.8. The molecular weight excluding hydrogens is 91.1 g/mol. The average Bonchev–Trinajstić information content (AvgIpc) is 1.65. The molecule has 0 rings (SSSR count). The van der Waals surface area contributed by atoms with Crippen LogP contribution in [0.3, 0.4) is 0 Å². The Bertz CT molecular complexity index is 92.4. The van der Waals surface area contributed by atoms with Gasteiger partial charge in [-0.3, -0.25) is 0 Å². The monoisotopic (exact) mass is 100 g/mol. The van der Waals surface area contributed by atoms with Crippen LogP contribution in [0.4, 0.5) is 4.39 Å². The zero-order valence-corrected chi connectivity index (χ0v) is 4.50. The molecule has 0 atom stereocenters. The molecule has 7 heavy (non-hydrogen) atoms. The van der Waals surface area contributed by atoms with Crippen LogP contribution < -0.4 is 0 Å². The van der Waals surface area contributed by atoms with Crippen molar-refractivity contribution in [1.29, 1.82) is 0 Å². The Morgan fingerprint density at radius 1 is 1.57 bits per heavy atom. The Morgan fingerprint density at radius 3 is 2.00 bits per heavy atom. The molecule has 0 heterocycles. The average molecular weight is 100 g/mol. The van der Waals surface area contributed by atoms with Crippen molar-refractivity contribution < 1.29 is 4.39 Å². The van der Waals surface area contributed by atoms with Crippen LogP contribution in [0.2, 0.25) is 0 Å². The van der Waals surface area contributed by atoms with Crippen LogP contribution in [0.15, 0.2) is 24.6 Å². The Morgan fingerprint density at radius 2 is 2.00 bits per heavy atom. The first-order valence-electron chi connectivity index (χ1n) is 2.21. The fourth-order valence-electron chi connectivity index (χ4n) is 0.192. The number of hydrogen-bond donors (Lipinski definition) is 0. The number of halogens is 1. The summed E-state index contributed by atoms with van der Waals surface area (Å²) in [6.07, 6.45) is 0.648. The molecule has 0 saturated carbocycles. The van der Waals surface area contributed by atoms with E-state index in [2.05, 4.69) is 13.2 Å². The maximum atomic E-state index is 11.8. The fraction of sp³-hybridized carbons (Fsp3) is 0.333. The molecule has 0 bridgehead atoms. The second-order valence-corrected chi connectivity index (χ2v) is 1.36. The summed E-state index contributed by atoms with van der Waals surface area (Å²) in [5.74, 6) is -0.400. The molecule has 0 aliphatic heterocycles. The van der Waals surface area contributed by atoms with Gasteiger partial charge < -0.3 is 0 Å². The lowest BCUT2D eigenvalue weighted by atomic mass is 10.2. The SMILES string of the molecule is C=C(F)C(=C)CC. The molecule has 0 radical (unpaired) electrons. The summed E-state index contributed by atoms with van der Waals surface area (Å²) in [4.78, 5) is 0. The number of rotatable bonds is 2. The first-order chi connectivity index (χ1) is 3.18. The highest BCUT2D eigenvalue weighted by Gasteiger charge is 1.90. The van der Waals surface area contributed by atoms with E-state index in [1.54, 1.807) is 0 Å². The first kappa shape index (κ1) is 6.41. The van der Waals surface area contributed by atoms with E-state index in [1.807, 2.05) is 6.92 Å². The van der Waals surface area contributed by atoms with Crippen LogP contribution in [-0.2, 0) is 0 Å². The van der Waals surface area contributed by atoms with Crippen LogP contribution in [0.5, 0.6) is 0 Å². The summed E-state index contributed by atoms with van der Waals surface area (Å²) in [6.45, 7) is 8.30. The predicted molar refractivity (Wildman–Crippen MR) is 29.7 cm³/mol. The highest BCUT2D eigenvalue weighted by atomic mass is 19.1. The van der Waals surface area contributed by atoms with Crippen LogP contribution in [0, 0.1) is 0 Å². The number of hydrogen-bond acceptors (Lipinski definition) is 0. The molecule has 0 aromatic heterocycles. The van der Waals surface area contributed by atoms with Gasteiger partial charge in [0.05, 0.1) is 0 Å². The lowest BCUT2D eigenvalue weighted by Gasteiger charge is -1.90. The van der Waals surface area contributed by atoms with Gasteiger partial charge in [0.25, 0.3) is 0 Å². The number of allylic oxidation sites excluding steroid dienone is 2. The van der Waals surface area contributed by atoms with E-state index in [4.69, 9.17) is 0 Å². The van der Waals surface area contributed by atoms with Crippen molar-refractivity contribution in [3.8, 4) is 0 Å². The van der Waals surface area contributed by atoms with Gasteiger partial charge in [-0.1, -0.05) is 20.1 Å². The summed E-state index contributed by atoms with van der Waals surface area (Å²) >= 11 is 0. The minimum atomic E-state index is -0.400. The Labute approximate surface area is 43.4 Å². The van der Waals surface area contributed by atoms with Gasteiger partial charge in [-0.25, -0.2) is 4.39 Å². The Hall–Kier alpha value is -0.590. The van der Waals surface area contributed by atoms with E-state index in [9.17, 15) is 4.39 Å². The molecule has 0 amide bonds. The highest BCUT2D eigenvalue weighted by molar-refractivity contribution is 5.17. The van der Waals surface area contributed by atoms with E-state index in [0.29, 0.717) is 12.0 Å². The molecule has 0 saturated heterocycles. The van der Waals surface area contributed by atoms with Gasteiger partial charge in [-0.2, -0.15) is 0 Å². The summed E-state index contributed by atoms with van der Waals surface area (Å²) < 4.78 is 11.8. The smallest absolute Gasteiger partial charge is 0.118 e. The molecule has 40 valence electrons. The lowest BCUT2D eigenvalue weighted by Crippen LogP contribution is -1.73. The molecule has 0 unspecified atom stereocenters. The van der Waals surface area contributed by atoms with Gasteiger partial charge in [-0.15, -0.1) is 0 Å². The van der Waals surface area contributed by atoms with Gasteiger partial charge in [0.2, 0.25) is 0 Å². The van der Waals surface area contributed by atoms with Gasteiger partial charge in [0.15, 0.2) is 0 Å². The van der Waals surface area contributed by atoms with E-state index >= 15 is 0 Å². The van der Waals surface area contributed by atoms with E-state index in [1.165, 1.54) is 0 Å². The second kappa shape index (κ2) is 2.56. The van der Waals surface area contributed by atoms with Gasteiger partial charge >= 0.3 is 0 Å². The van der Waals surface area contributed by atoms with Crippen LogP contribution in [0.1, 0.15) is 13.3 Å². The van der Waals surface area contributed by atoms with Crippen molar-refractivity contribution in [1.82, 2.24) is 0 Å². The van der Waals surface area contributed by atoms with Crippen molar-refractivity contribution in [3.63, 3.8) is 0 Å². The highest BCUT2D eigenvalue weighted by Crippen LogP contribution is 2.08. The Kier molecular flexibility index (Phi) is 2.34. The molecule has 0 fully saturated rings. The molecule has 0 aliphatic carbocycles. The first-order valence-corrected chi connectivity index (χ1v) is 2.21. The topological polar surface area (TPSA) is 0 Å². The molecule has 1 heteroatoms. The molecule has 0 aromatic rings. The third kappa shape index (κ3) is 2.15. The van der Waals surface area contributed by atoms with Crippen molar-refractivity contribution in [3.05, 3.63) is 24.6 Å². The zero-order chi connectivity index (χ0) is 5.86. The van der Waals surface area contributed by atoms with E-state index in [-0.39, 0.29) is 0 Å². The minimum Gasteiger partial charge on any atom is -0.207 e. The summed E-state index contributed by atoms with van der Waals surface area (Å²) in [5, 5.41) is 0. The quantitative estimate of drug-likeness (QED) is 0.467. The molecular formula is C6H9F. The summed E-state index contributed by atoms with van der Waals surface area (Å²) in [5.41, 5.74) is 0.486. The van der Waals surface area contributed by atoms with E-state index < -0.39 is 5.83 Å². The van der Waals surface area contributed by atoms with Gasteiger partial charge in [0.1, 0.15) is 5.83 Å². The summed E-state index contributed by atoms with van der Waals surface area (Å²) in [7, 11) is 0. The zero-order valence-electron chi connectivity index (χ0n) is 4.50. The van der Waals surface area contributed by atoms with Crippen LogP contribution in [-0.4, -0.2) is 0 Å². The second-order valence-electron chi connectivity index (χ2n) is 1.36. The molecule has 0 N–H and O–H groups in total. The Balaban J connectivity index is 3.58. The van der Waals surface area contributed by atoms with Gasteiger partial charge in [0, 0.05) is 0 Å². The molecule has 0 aliphatic rings. The summed E-state index contributed by atoms with van der Waals surface area (Å²) in [6, 6.07) is 0. The normalized spacial score (nSPS) is 8.29. The van der Waals surface area contributed by atoms with E-state index in [0.717, 1.165) is 0 Å². The van der Waals surface area contributed by atoms with Crippen molar-refractivity contribution in [2.75, 3.05) is 0 Å². The molecule has 0 spiro atoms.